The van der Waals surface area contributed by atoms with Crippen LogP contribution in [0, 0.1) is 5.82 Å². The summed E-state index contributed by atoms with van der Waals surface area (Å²) in [6.07, 6.45) is -2.20. The van der Waals surface area contributed by atoms with Crippen molar-refractivity contribution < 1.29 is 21.8 Å². The van der Waals surface area contributed by atoms with Gasteiger partial charge in [-0.05, 0) is 62.2 Å². The molecule has 0 spiro atoms. The maximum atomic E-state index is 15.1. The Balaban J connectivity index is 1.71. The molecule has 0 radical (unpaired) electrons. The lowest BCUT2D eigenvalue weighted by molar-refractivity contribution is -0.137. The lowest BCUT2D eigenvalue weighted by atomic mass is 10.0. The number of fused-ring (bicyclic) bond motifs is 1. The highest BCUT2D eigenvalue weighted by Crippen LogP contribution is 2.32. The number of halogens is 4. The van der Waals surface area contributed by atoms with E-state index < -0.39 is 28.5 Å². The van der Waals surface area contributed by atoms with E-state index in [1.165, 1.54) is 28.8 Å². The summed E-state index contributed by atoms with van der Waals surface area (Å²) in [5.41, 5.74) is 0.579. The second-order valence-corrected chi connectivity index (χ2v) is 9.80. The fourth-order valence-electron chi connectivity index (χ4n) is 3.38. The van der Waals surface area contributed by atoms with Gasteiger partial charge in [0.1, 0.15) is 22.5 Å². The first kappa shape index (κ1) is 23.1. The molecule has 0 fully saturated rings. The minimum atomic E-state index is -4.49. The second kappa shape index (κ2) is 8.39. The number of nitrogens with one attached hydrogen (secondary N) is 1. The monoisotopic (exact) mass is 475 g/mol. The Morgan fingerprint density at radius 1 is 0.939 bits per heavy atom. The molecule has 0 saturated carbocycles. The molecule has 0 aliphatic heterocycles. The zero-order valence-corrected chi connectivity index (χ0v) is 18.9. The van der Waals surface area contributed by atoms with E-state index in [0.29, 0.717) is 16.0 Å². The summed E-state index contributed by atoms with van der Waals surface area (Å²) in [5, 5.41) is 0. The van der Waals surface area contributed by atoms with Gasteiger partial charge in [0.25, 0.3) is 0 Å². The Morgan fingerprint density at radius 3 is 2.33 bits per heavy atom. The average Bonchev–Trinajstić information content (AvgIpc) is 3.15. The number of aromatic nitrogens is 2. The van der Waals surface area contributed by atoms with Crippen LogP contribution in [0.1, 0.15) is 26.3 Å². The van der Waals surface area contributed by atoms with Crippen LogP contribution in [0.2, 0.25) is 0 Å². The molecule has 2 heterocycles. The zero-order chi connectivity index (χ0) is 24.0. The number of benzene rings is 2. The molecule has 0 amide bonds. The number of rotatable bonds is 4. The number of pyridine rings is 1. The Kier molecular flexibility index (Phi) is 5.88. The summed E-state index contributed by atoms with van der Waals surface area (Å²) < 4.78 is 71.1. The molecule has 1 atom stereocenters. The van der Waals surface area contributed by atoms with E-state index in [-0.39, 0.29) is 22.4 Å². The van der Waals surface area contributed by atoms with E-state index in [2.05, 4.69) is 9.71 Å². The van der Waals surface area contributed by atoms with Crippen molar-refractivity contribution >= 4 is 16.6 Å². The lowest BCUT2D eigenvalue weighted by Crippen LogP contribution is -2.37. The molecule has 0 bridgehead atoms. The summed E-state index contributed by atoms with van der Waals surface area (Å²) in [6, 6.07) is 13.7. The summed E-state index contributed by atoms with van der Waals surface area (Å²) in [5.74, 6) is -0.587. The van der Waals surface area contributed by atoms with Crippen molar-refractivity contribution in [2.24, 2.45) is 0 Å². The number of nitrogens with zero attached hydrogens (tertiary/aromatic N) is 2. The van der Waals surface area contributed by atoms with Crippen LogP contribution in [-0.4, -0.2) is 19.1 Å². The number of hydrogen-bond acceptors (Lipinski definition) is 2. The van der Waals surface area contributed by atoms with Gasteiger partial charge in [-0.25, -0.2) is 18.3 Å². The van der Waals surface area contributed by atoms with Crippen LogP contribution >= 0.6 is 0 Å². The van der Waals surface area contributed by atoms with Gasteiger partial charge in [0, 0.05) is 23.5 Å². The summed E-state index contributed by atoms with van der Waals surface area (Å²) in [4.78, 5) is 4.77. The smallest absolute Gasteiger partial charge is 0.306 e. The van der Waals surface area contributed by atoms with Crippen LogP contribution in [0.25, 0.3) is 28.0 Å². The first-order valence-corrected chi connectivity index (χ1v) is 11.2. The first-order chi connectivity index (χ1) is 15.4. The van der Waals surface area contributed by atoms with Crippen LogP contribution in [0.5, 0.6) is 0 Å². The molecule has 172 valence electrons. The molecule has 1 unspecified atom stereocenters. The van der Waals surface area contributed by atoms with Gasteiger partial charge in [-0.15, -0.1) is 0 Å². The van der Waals surface area contributed by atoms with E-state index in [9.17, 15) is 17.4 Å². The highest BCUT2D eigenvalue weighted by Gasteiger charge is 2.31. The zero-order valence-electron chi connectivity index (χ0n) is 18.1. The molecule has 0 aliphatic carbocycles. The topological polar surface area (TPSA) is 46.4 Å². The van der Waals surface area contributed by atoms with E-state index >= 15 is 4.39 Å². The normalized spacial score (nSPS) is 13.4. The van der Waals surface area contributed by atoms with Crippen molar-refractivity contribution in [2.75, 3.05) is 0 Å². The van der Waals surface area contributed by atoms with Gasteiger partial charge in [-0.2, -0.15) is 13.2 Å². The van der Waals surface area contributed by atoms with E-state index in [1.807, 2.05) is 20.8 Å². The Morgan fingerprint density at radius 2 is 1.67 bits per heavy atom. The van der Waals surface area contributed by atoms with E-state index in [1.54, 1.807) is 30.3 Å². The first-order valence-electron chi connectivity index (χ1n) is 10.1. The third-order valence-corrected chi connectivity index (χ3v) is 6.37. The molecular formula is C24H21F4N3OS. The van der Waals surface area contributed by atoms with Crippen LogP contribution in [0.3, 0.4) is 0 Å². The lowest BCUT2D eigenvalue weighted by Gasteiger charge is -2.20. The van der Waals surface area contributed by atoms with Crippen LogP contribution < -0.4 is 4.72 Å². The Hall–Kier alpha value is -3.04. The molecule has 4 aromatic rings. The Labute approximate surface area is 190 Å². The number of alkyl halides is 3. The molecular weight excluding hydrogens is 454 g/mol. The predicted octanol–water partition coefficient (Wildman–Crippen LogP) is 6.24. The third kappa shape index (κ3) is 4.99. The van der Waals surface area contributed by atoms with Gasteiger partial charge < -0.3 is 4.40 Å². The maximum Gasteiger partial charge on any atom is 0.417 e. The van der Waals surface area contributed by atoms with Gasteiger partial charge in [0.15, 0.2) is 0 Å². The summed E-state index contributed by atoms with van der Waals surface area (Å²) in [6.45, 7) is 5.69. The highest BCUT2D eigenvalue weighted by molar-refractivity contribution is 7.83. The minimum Gasteiger partial charge on any atom is -0.306 e. The van der Waals surface area contributed by atoms with Gasteiger partial charge in [-0.1, -0.05) is 24.3 Å². The molecule has 1 N–H and O–H groups in total. The molecule has 2 aromatic carbocycles. The van der Waals surface area contributed by atoms with Gasteiger partial charge in [0.05, 0.1) is 16.2 Å². The van der Waals surface area contributed by atoms with Gasteiger partial charge in [-0.3, -0.25) is 0 Å². The van der Waals surface area contributed by atoms with Crippen LogP contribution in [0.15, 0.2) is 71.9 Å². The Bertz CT molecular complexity index is 1360. The molecule has 0 saturated heterocycles. The summed E-state index contributed by atoms with van der Waals surface area (Å²) >= 11 is 0. The van der Waals surface area contributed by atoms with E-state index in [0.717, 1.165) is 12.3 Å². The highest BCUT2D eigenvalue weighted by atomic mass is 32.2. The molecule has 0 aliphatic rings. The maximum absolute atomic E-state index is 15.1. The van der Waals surface area contributed by atoms with Gasteiger partial charge in [0.2, 0.25) is 0 Å². The largest absolute Gasteiger partial charge is 0.417 e. The van der Waals surface area contributed by atoms with Crippen molar-refractivity contribution in [1.82, 2.24) is 14.1 Å². The SMILES string of the molecule is CC(C)(C)NS(=O)c1ccccc1-c1ccc(-c2cn3cc(C(F)(F)F)ccc3n2)c(F)c1. The van der Waals surface area contributed by atoms with Crippen molar-refractivity contribution in [3.63, 3.8) is 0 Å². The molecule has 4 rings (SSSR count). The van der Waals surface area contributed by atoms with Crippen molar-refractivity contribution in [3.05, 3.63) is 78.4 Å². The van der Waals surface area contributed by atoms with Crippen LogP contribution in [-0.2, 0) is 17.2 Å². The van der Waals surface area contributed by atoms with E-state index in [4.69, 9.17) is 0 Å². The van der Waals surface area contributed by atoms with Crippen LogP contribution in [0.4, 0.5) is 17.6 Å². The second-order valence-electron chi connectivity index (χ2n) is 8.62. The van der Waals surface area contributed by atoms with Crippen molar-refractivity contribution in [3.8, 4) is 22.4 Å². The average molecular weight is 476 g/mol. The molecule has 33 heavy (non-hydrogen) atoms. The predicted molar refractivity (Wildman–Crippen MR) is 120 cm³/mol. The number of hydrogen-bond donors (Lipinski definition) is 1. The fraction of sp³-hybridized carbons (Fsp3) is 0.208. The van der Waals surface area contributed by atoms with Gasteiger partial charge >= 0.3 is 6.18 Å². The number of imidazole rings is 1. The van der Waals surface area contributed by atoms with Crippen molar-refractivity contribution in [2.45, 2.75) is 37.4 Å². The molecule has 9 heteroatoms. The molecule has 2 aromatic heterocycles. The quantitative estimate of drug-likeness (QED) is 0.355. The molecule has 4 nitrogen and oxygen atoms in total. The summed E-state index contributed by atoms with van der Waals surface area (Å²) in [7, 11) is -1.51. The fourth-order valence-corrected chi connectivity index (χ4v) is 4.63. The standard InChI is InChI=1S/C24H21F4N3OS/c1-23(2,3)30-33(32)21-7-5-4-6-17(21)15-8-10-18(19(25)12-15)20-14-31-13-16(24(26,27)28)9-11-22(31)29-20/h4-14,30H,1-3H3. The van der Waals surface area contributed by atoms with Crippen molar-refractivity contribution in [1.29, 1.82) is 0 Å². The third-order valence-electron chi connectivity index (χ3n) is 4.82. The minimum absolute atomic E-state index is 0.155.